The second-order valence-corrected chi connectivity index (χ2v) is 6.58. The van der Waals surface area contributed by atoms with Crippen LogP contribution in [0.25, 0.3) is 11.2 Å². The number of aryl methyl sites for hydroxylation is 1. The third kappa shape index (κ3) is 2.53. The summed E-state index contributed by atoms with van der Waals surface area (Å²) in [6.07, 6.45) is 6.69. The Balaban J connectivity index is 2.23. The van der Waals surface area contributed by atoms with Crippen LogP contribution < -0.4 is 5.69 Å². The van der Waals surface area contributed by atoms with Crippen molar-refractivity contribution in [1.29, 1.82) is 0 Å². The highest BCUT2D eigenvalue weighted by molar-refractivity contribution is 7.71. The maximum atomic E-state index is 12.7. The molecule has 3 rings (SSSR count). The van der Waals surface area contributed by atoms with E-state index < -0.39 is 0 Å². The van der Waals surface area contributed by atoms with Crippen molar-refractivity contribution >= 4 is 23.4 Å². The van der Waals surface area contributed by atoms with E-state index in [-0.39, 0.29) is 5.69 Å². The summed E-state index contributed by atoms with van der Waals surface area (Å²) in [6.45, 7) is 5.49. The van der Waals surface area contributed by atoms with Gasteiger partial charge in [-0.05, 0) is 25.7 Å². The van der Waals surface area contributed by atoms with Gasteiger partial charge in [-0.25, -0.2) is 9.78 Å². The van der Waals surface area contributed by atoms with Crippen LogP contribution >= 0.6 is 12.2 Å². The summed E-state index contributed by atoms with van der Waals surface area (Å²) < 4.78 is 4.10. The molecule has 120 valence electrons. The highest BCUT2D eigenvalue weighted by Crippen LogP contribution is 2.33. The van der Waals surface area contributed by atoms with E-state index in [0.717, 1.165) is 29.8 Å². The molecule has 1 N–H and O–H groups in total. The zero-order valence-electron chi connectivity index (χ0n) is 13.4. The van der Waals surface area contributed by atoms with Crippen molar-refractivity contribution in [2.75, 3.05) is 0 Å². The van der Waals surface area contributed by atoms with Crippen molar-refractivity contribution in [3.63, 3.8) is 0 Å². The summed E-state index contributed by atoms with van der Waals surface area (Å²) in [7, 11) is 0. The number of H-pyrrole nitrogens is 1. The van der Waals surface area contributed by atoms with Gasteiger partial charge in [0.1, 0.15) is 16.0 Å². The smallest absolute Gasteiger partial charge is 0.330 e. The van der Waals surface area contributed by atoms with E-state index in [4.69, 9.17) is 17.2 Å². The Hall–Kier alpha value is -1.43. The average Bonchev–Trinajstić information content (AvgIpc) is 3.16. The summed E-state index contributed by atoms with van der Waals surface area (Å²) in [5.74, 6) is 1.50. The molecule has 2 aromatic rings. The number of aromatic amines is 1. The lowest BCUT2D eigenvalue weighted by Crippen LogP contribution is -2.31. The first-order chi connectivity index (χ1) is 10.7. The zero-order chi connectivity index (χ0) is 15.7. The van der Waals surface area contributed by atoms with Gasteiger partial charge in [0.2, 0.25) is 0 Å². The number of fused-ring (bicyclic) bond motifs is 1. The number of rotatable bonds is 5. The minimum Gasteiger partial charge on any atom is -0.338 e. The third-order valence-electron chi connectivity index (χ3n) is 4.52. The van der Waals surface area contributed by atoms with E-state index in [1.165, 1.54) is 25.7 Å². The van der Waals surface area contributed by atoms with Gasteiger partial charge in [0.25, 0.3) is 0 Å². The van der Waals surface area contributed by atoms with Gasteiger partial charge in [0.15, 0.2) is 5.65 Å². The Kier molecular flexibility index (Phi) is 4.47. The van der Waals surface area contributed by atoms with Crippen LogP contribution in [0.5, 0.6) is 0 Å². The summed E-state index contributed by atoms with van der Waals surface area (Å²) >= 11 is 5.56. The van der Waals surface area contributed by atoms with E-state index >= 15 is 0 Å². The van der Waals surface area contributed by atoms with Crippen molar-refractivity contribution in [2.24, 2.45) is 0 Å². The molecule has 1 aliphatic rings. The lowest BCUT2D eigenvalue weighted by Gasteiger charge is -2.10. The first kappa shape index (κ1) is 15.5. The van der Waals surface area contributed by atoms with Gasteiger partial charge in [-0.3, -0.25) is 9.13 Å². The normalized spacial score (nSPS) is 15.9. The molecule has 1 aliphatic carbocycles. The van der Waals surface area contributed by atoms with Crippen molar-refractivity contribution in [3.8, 4) is 0 Å². The highest BCUT2D eigenvalue weighted by atomic mass is 32.1. The fourth-order valence-electron chi connectivity index (χ4n) is 3.42. The maximum absolute atomic E-state index is 12.7. The molecule has 2 heterocycles. The summed E-state index contributed by atoms with van der Waals surface area (Å²) in [4.78, 5) is 20.9. The minimum atomic E-state index is -0.0225. The second kappa shape index (κ2) is 6.36. The first-order valence-electron chi connectivity index (χ1n) is 8.40. The standard InChI is InChI=1S/C16H24N4OS/c1-3-9-19-14-12(15(22)20(10-4-2)16(19)21)17-13(18-14)11-7-5-6-8-11/h11H,3-10H2,1-2H3,(H,17,18). The van der Waals surface area contributed by atoms with Crippen LogP contribution in [0.4, 0.5) is 0 Å². The maximum Gasteiger partial charge on any atom is 0.330 e. The Morgan fingerprint density at radius 3 is 2.45 bits per heavy atom. The van der Waals surface area contributed by atoms with E-state index in [2.05, 4.69) is 18.8 Å². The molecular formula is C16H24N4OS. The molecule has 0 bridgehead atoms. The molecule has 22 heavy (non-hydrogen) atoms. The number of aromatic nitrogens is 4. The van der Waals surface area contributed by atoms with Crippen LogP contribution in [0.3, 0.4) is 0 Å². The summed E-state index contributed by atoms with van der Waals surface area (Å²) in [5, 5.41) is 0. The topological polar surface area (TPSA) is 55.6 Å². The van der Waals surface area contributed by atoms with Gasteiger partial charge in [-0.1, -0.05) is 38.9 Å². The van der Waals surface area contributed by atoms with Crippen LogP contribution in [0.1, 0.15) is 64.1 Å². The fraction of sp³-hybridized carbons (Fsp3) is 0.688. The molecule has 1 saturated carbocycles. The highest BCUT2D eigenvalue weighted by Gasteiger charge is 2.22. The molecule has 0 spiro atoms. The fourth-order valence-corrected chi connectivity index (χ4v) is 3.73. The number of hydrogen-bond donors (Lipinski definition) is 1. The molecule has 0 aromatic carbocycles. The van der Waals surface area contributed by atoms with Crippen LogP contribution in [-0.2, 0) is 13.1 Å². The molecule has 0 aliphatic heterocycles. The predicted molar refractivity (Wildman–Crippen MR) is 91.0 cm³/mol. The van der Waals surface area contributed by atoms with Crippen molar-refractivity contribution in [1.82, 2.24) is 19.1 Å². The van der Waals surface area contributed by atoms with E-state index in [1.54, 1.807) is 9.13 Å². The largest absolute Gasteiger partial charge is 0.338 e. The Morgan fingerprint density at radius 1 is 1.18 bits per heavy atom. The van der Waals surface area contributed by atoms with Crippen molar-refractivity contribution < 1.29 is 0 Å². The van der Waals surface area contributed by atoms with Gasteiger partial charge in [-0.15, -0.1) is 0 Å². The molecule has 0 radical (unpaired) electrons. The number of nitrogens with zero attached hydrogens (tertiary/aromatic N) is 3. The van der Waals surface area contributed by atoms with E-state index in [1.807, 2.05) is 0 Å². The van der Waals surface area contributed by atoms with Gasteiger partial charge in [0.05, 0.1) is 0 Å². The second-order valence-electron chi connectivity index (χ2n) is 6.19. The predicted octanol–water partition coefficient (Wildman–Crippen LogP) is 3.73. The number of imidazole rings is 1. The van der Waals surface area contributed by atoms with E-state index in [9.17, 15) is 4.79 Å². The molecule has 0 saturated heterocycles. The van der Waals surface area contributed by atoms with Gasteiger partial charge >= 0.3 is 5.69 Å². The van der Waals surface area contributed by atoms with Crippen LogP contribution in [0.2, 0.25) is 0 Å². The molecule has 5 nitrogen and oxygen atoms in total. The molecule has 6 heteroatoms. The Labute approximate surface area is 135 Å². The molecule has 0 unspecified atom stereocenters. The Bertz CT molecular complexity index is 780. The van der Waals surface area contributed by atoms with Crippen molar-refractivity contribution in [3.05, 3.63) is 20.9 Å². The Morgan fingerprint density at radius 2 is 1.82 bits per heavy atom. The summed E-state index contributed by atoms with van der Waals surface area (Å²) in [6, 6.07) is 0. The number of hydrogen-bond acceptors (Lipinski definition) is 3. The quantitative estimate of drug-likeness (QED) is 0.854. The minimum absolute atomic E-state index is 0.0225. The van der Waals surface area contributed by atoms with Crippen LogP contribution in [0.15, 0.2) is 4.79 Å². The van der Waals surface area contributed by atoms with Crippen LogP contribution in [0, 0.1) is 4.64 Å². The van der Waals surface area contributed by atoms with Gasteiger partial charge in [-0.2, -0.15) is 0 Å². The number of nitrogens with one attached hydrogen (secondary N) is 1. The van der Waals surface area contributed by atoms with Gasteiger partial charge < -0.3 is 4.98 Å². The average molecular weight is 320 g/mol. The monoisotopic (exact) mass is 320 g/mol. The zero-order valence-corrected chi connectivity index (χ0v) is 14.2. The molecule has 0 amide bonds. The summed E-state index contributed by atoms with van der Waals surface area (Å²) in [5.41, 5.74) is 1.58. The van der Waals surface area contributed by atoms with E-state index in [0.29, 0.717) is 23.6 Å². The molecule has 2 aromatic heterocycles. The van der Waals surface area contributed by atoms with Crippen LogP contribution in [-0.4, -0.2) is 19.1 Å². The molecular weight excluding hydrogens is 296 g/mol. The first-order valence-corrected chi connectivity index (χ1v) is 8.81. The van der Waals surface area contributed by atoms with Gasteiger partial charge in [0, 0.05) is 19.0 Å². The lowest BCUT2D eigenvalue weighted by molar-refractivity contribution is 0.562. The third-order valence-corrected chi connectivity index (χ3v) is 4.94. The van der Waals surface area contributed by atoms with Crippen molar-refractivity contribution in [2.45, 2.75) is 71.4 Å². The molecule has 1 fully saturated rings. The SMILES string of the molecule is CCCn1c(=S)c2[nH]c(C3CCCC3)nc2n(CCC)c1=O. The lowest BCUT2D eigenvalue weighted by atomic mass is 10.1. The molecule has 0 atom stereocenters.